The number of carbonyl (C=O) groups excluding carboxylic acids is 1. The van der Waals surface area contributed by atoms with Gasteiger partial charge in [0, 0.05) is 12.7 Å². The van der Waals surface area contributed by atoms with E-state index in [4.69, 9.17) is 0 Å². The fourth-order valence-corrected chi connectivity index (χ4v) is 5.41. The predicted molar refractivity (Wildman–Crippen MR) is 135 cm³/mol. The van der Waals surface area contributed by atoms with E-state index in [1.54, 1.807) is 55.5 Å². The first-order chi connectivity index (χ1) is 15.9. The maximum Gasteiger partial charge on any atom is 0.264 e. The second-order valence-electron chi connectivity index (χ2n) is 7.94. The summed E-state index contributed by atoms with van der Waals surface area (Å²) >= 11 is 0. The molecular formula is C24H27N3O5S2. The van der Waals surface area contributed by atoms with Crippen LogP contribution >= 0.6 is 0 Å². The van der Waals surface area contributed by atoms with Crippen LogP contribution in [0.15, 0.2) is 77.7 Å². The van der Waals surface area contributed by atoms with Gasteiger partial charge in [0.2, 0.25) is 15.9 Å². The summed E-state index contributed by atoms with van der Waals surface area (Å²) in [5.41, 5.74) is 2.79. The molecule has 0 aromatic heterocycles. The van der Waals surface area contributed by atoms with Gasteiger partial charge in [-0.05, 0) is 55.8 Å². The van der Waals surface area contributed by atoms with Crippen LogP contribution in [-0.4, -0.2) is 42.6 Å². The van der Waals surface area contributed by atoms with E-state index in [1.807, 2.05) is 13.0 Å². The Kier molecular flexibility index (Phi) is 7.32. The van der Waals surface area contributed by atoms with E-state index in [-0.39, 0.29) is 4.90 Å². The molecular weight excluding hydrogens is 474 g/mol. The van der Waals surface area contributed by atoms with Crippen molar-refractivity contribution in [1.29, 1.82) is 0 Å². The highest BCUT2D eigenvalue weighted by Gasteiger charge is 2.28. The van der Waals surface area contributed by atoms with Gasteiger partial charge >= 0.3 is 0 Å². The first-order valence-corrected chi connectivity index (χ1v) is 13.7. The van der Waals surface area contributed by atoms with Crippen molar-refractivity contribution in [1.82, 2.24) is 0 Å². The Balaban J connectivity index is 1.94. The number of rotatable bonds is 8. The van der Waals surface area contributed by atoms with Crippen molar-refractivity contribution in [2.24, 2.45) is 0 Å². The highest BCUT2D eigenvalue weighted by Crippen LogP contribution is 2.28. The van der Waals surface area contributed by atoms with Gasteiger partial charge < -0.3 is 5.32 Å². The lowest BCUT2D eigenvalue weighted by Crippen LogP contribution is -2.38. The summed E-state index contributed by atoms with van der Waals surface area (Å²) in [7, 11) is -6.11. The number of hydrogen-bond acceptors (Lipinski definition) is 5. The number of nitrogens with one attached hydrogen (secondary N) is 1. The van der Waals surface area contributed by atoms with Crippen LogP contribution in [0.2, 0.25) is 0 Å². The van der Waals surface area contributed by atoms with E-state index in [0.29, 0.717) is 22.6 Å². The molecule has 0 spiro atoms. The van der Waals surface area contributed by atoms with Crippen molar-refractivity contribution in [3.05, 3.63) is 83.9 Å². The molecule has 34 heavy (non-hydrogen) atoms. The highest BCUT2D eigenvalue weighted by atomic mass is 32.2. The zero-order valence-corrected chi connectivity index (χ0v) is 21.0. The molecule has 0 aliphatic rings. The monoisotopic (exact) mass is 501 g/mol. The van der Waals surface area contributed by atoms with Crippen LogP contribution in [0.4, 0.5) is 17.1 Å². The van der Waals surface area contributed by atoms with Gasteiger partial charge in [0.05, 0.1) is 22.5 Å². The first kappa shape index (κ1) is 25.3. The van der Waals surface area contributed by atoms with Gasteiger partial charge in [0.25, 0.3) is 10.0 Å². The Hall–Kier alpha value is -3.37. The third-order valence-electron chi connectivity index (χ3n) is 5.23. The number of sulfonamides is 2. The number of aryl methyl sites for hydroxylation is 2. The quantitative estimate of drug-likeness (QED) is 0.509. The molecule has 0 heterocycles. The van der Waals surface area contributed by atoms with E-state index in [0.717, 1.165) is 20.4 Å². The molecule has 1 N–H and O–H groups in total. The molecule has 0 unspecified atom stereocenters. The molecule has 0 atom stereocenters. The van der Waals surface area contributed by atoms with E-state index in [9.17, 15) is 21.6 Å². The molecule has 0 saturated carbocycles. The van der Waals surface area contributed by atoms with Crippen LogP contribution in [0.3, 0.4) is 0 Å². The van der Waals surface area contributed by atoms with Gasteiger partial charge in [-0.2, -0.15) is 0 Å². The Morgan fingerprint density at radius 2 is 1.56 bits per heavy atom. The molecule has 1 amide bonds. The summed E-state index contributed by atoms with van der Waals surface area (Å²) in [6.07, 6.45) is 1.08. The van der Waals surface area contributed by atoms with Crippen LogP contribution in [0.1, 0.15) is 11.1 Å². The molecule has 0 radical (unpaired) electrons. The number of anilines is 3. The summed E-state index contributed by atoms with van der Waals surface area (Å²) in [6, 6.07) is 19.6. The van der Waals surface area contributed by atoms with Crippen molar-refractivity contribution in [2.75, 3.05) is 33.8 Å². The van der Waals surface area contributed by atoms with Gasteiger partial charge in [-0.15, -0.1) is 0 Å². The van der Waals surface area contributed by atoms with Gasteiger partial charge in [0.1, 0.15) is 6.54 Å². The Bertz CT molecular complexity index is 1410. The summed E-state index contributed by atoms with van der Waals surface area (Å²) in [6.45, 7) is 3.23. The molecule has 8 nitrogen and oxygen atoms in total. The smallest absolute Gasteiger partial charge is 0.264 e. The topological polar surface area (TPSA) is 104 Å². The number of carbonyl (C=O) groups is 1. The third-order valence-corrected chi connectivity index (χ3v) is 8.21. The van der Waals surface area contributed by atoms with Gasteiger partial charge in [-0.25, -0.2) is 16.8 Å². The lowest BCUT2D eigenvalue weighted by atomic mass is 10.1. The molecule has 3 aromatic carbocycles. The largest absolute Gasteiger partial charge is 0.324 e. The fourth-order valence-electron chi connectivity index (χ4n) is 3.41. The van der Waals surface area contributed by atoms with E-state index < -0.39 is 32.5 Å². The molecule has 3 aromatic rings. The Labute approximate surface area is 200 Å². The Morgan fingerprint density at radius 3 is 2.18 bits per heavy atom. The minimum Gasteiger partial charge on any atom is -0.324 e. The predicted octanol–water partition coefficient (Wildman–Crippen LogP) is 3.53. The molecule has 3 rings (SSSR count). The first-order valence-electron chi connectivity index (χ1n) is 10.4. The standard InChI is InChI=1S/C24H27N3O5S2/c1-18-13-14-23(19(2)15-18)27(34(31,32)22-11-6-5-7-12-22)17-24(28)25-20-9-8-10-21(16-20)26(3)33(4,29)30/h5-16H,17H2,1-4H3,(H,25,28). The Morgan fingerprint density at radius 1 is 0.882 bits per heavy atom. The number of benzene rings is 3. The van der Waals surface area contributed by atoms with Crippen LogP contribution in [0.25, 0.3) is 0 Å². The summed E-state index contributed by atoms with van der Waals surface area (Å²) in [4.78, 5) is 13.1. The zero-order valence-electron chi connectivity index (χ0n) is 19.4. The second kappa shape index (κ2) is 9.86. The molecule has 10 heteroatoms. The van der Waals surface area contributed by atoms with Gasteiger partial charge in [-0.3, -0.25) is 13.4 Å². The number of hydrogen-bond donors (Lipinski definition) is 1. The number of amides is 1. The van der Waals surface area contributed by atoms with Gasteiger partial charge in [-0.1, -0.05) is 42.0 Å². The summed E-state index contributed by atoms with van der Waals surface area (Å²) in [5.74, 6) is -0.571. The van der Waals surface area contributed by atoms with Crippen molar-refractivity contribution in [2.45, 2.75) is 18.7 Å². The average molecular weight is 502 g/mol. The normalized spacial score (nSPS) is 11.6. The number of nitrogens with zero attached hydrogens (tertiary/aromatic N) is 2. The maximum absolute atomic E-state index is 13.5. The van der Waals surface area contributed by atoms with Crippen molar-refractivity contribution in [3.63, 3.8) is 0 Å². The van der Waals surface area contributed by atoms with Crippen molar-refractivity contribution >= 4 is 43.0 Å². The second-order valence-corrected chi connectivity index (χ2v) is 11.8. The summed E-state index contributed by atoms with van der Waals surface area (Å²) < 4.78 is 52.8. The van der Waals surface area contributed by atoms with Crippen LogP contribution in [-0.2, 0) is 24.8 Å². The maximum atomic E-state index is 13.5. The van der Waals surface area contributed by atoms with Crippen LogP contribution in [0, 0.1) is 13.8 Å². The molecule has 0 aliphatic heterocycles. The fraction of sp³-hybridized carbons (Fsp3) is 0.208. The minimum atomic E-state index is -4.03. The summed E-state index contributed by atoms with van der Waals surface area (Å²) in [5, 5.41) is 2.68. The van der Waals surface area contributed by atoms with Crippen LogP contribution in [0.5, 0.6) is 0 Å². The van der Waals surface area contributed by atoms with Crippen molar-refractivity contribution < 1.29 is 21.6 Å². The SMILES string of the molecule is Cc1ccc(N(CC(=O)Nc2cccc(N(C)S(C)(=O)=O)c2)S(=O)(=O)c2ccccc2)c(C)c1. The average Bonchev–Trinajstić information content (AvgIpc) is 2.77. The molecule has 0 fully saturated rings. The van der Waals surface area contributed by atoms with Gasteiger partial charge in [0.15, 0.2) is 0 Å². The van der Waals surface area contributed by atoms with E-state index >= 15 is 0 Å². The third kappa shape index (κ3) is 5.75. The molecule has 0 aliphatic carbocycles. The molecule has 0 bridgehead atoms. The zero-order chi connectivity index (χ0) is 25.1. The molecule has 0 saturated heterocycles. The van der Waals surface area contributed by atoms with Crippen LogP contribution < -0.4 is 13.9 Å². The minimum absolute atomic E-state index is 0.0690. The highest BCUT2D eigenvalue weighted by molar-refractivity contribution is 7.93. The van der Waals surface area contributed by atoms with Crippen molar-refractivity contribution in [3.8, 4) is 0 Å². The van der Waals surface area contributed by atoms with E-state index in [2.05, 4.69) is 5.32 Å². The lowest BCUT2D eigenvalue weighted by Gasteiger charge is -2.26. The lowest BCUT2D eigenvalue weighted by molar-refractivity contribution is -0.114. The molecule has 180 valence electrons. The van der Waals surface area contributed by atoms with E-state index in [1.165, 1.54) is 25.2 Å².